The summed E-state index contributed by atoms with van der Waals surface area (Å²) in [6.07, 6.45) is 0. The molecular weight excluding hydrogens is 582 g/mol. The number of aromatic nitrogens is 2. The number of thioether (sulfide) groups is 1. The first-order chi connectivity index (χ1) is 20.7. The molecule has 1 aromatic heterocycles. The predicted octanol–water partition coefficient (Wildman–Crippen LogP) is 8.18. The van der Waals surface area contributed by atoms with E-state index in [4.69, 9.17) is 0 Å². The number of aryl methyl sites for hydroxylation is 1. The van der Waals surface area contributed by atoms with Gasteiger partial charge in [0.2, 0.25) is 5.13 Å². The lowest BCUT2D eigenvalue weighted by atomic mass is 9.93. The Hall–Kier alpha value is -4.34. The second-order valence-corrected chi connectivity index (χ2v) is 12.9. The fourth-order valence-electron chi connectivity index (χ4n) is 5.22. The molecule has 0 saturated carbocycles. The summed E-state index contributed by atoms with van der Waals surface area (Å²) in [5.74, 6) is -1.72. The van der Waals surface area contributed by atoms with Crippen LogP contribution >= 0.6 is 23.1 Å². The van der Waals surface area contributed by atoms with E-state index in [0.717, 1.165) is 21.9 Å². The predicted molar refractivity (Wildman–Crippen MR) is 170 cm³/mol. The summed E-state index contributed by atoms with van der Waals surface area (Å²) in [5.41, 5.74) is 3.26. The molecule has 1 aliphatic rings. The van der Waals surface area contributed by atoms with E-state index in [-0.39, 0.29) is 22.2 Å². The SMILES string of the molecule is Cc1ccc(C(O)=C2C(=O)C(=O)N(c3nnc(SCc4cccc5ccccc45)s3)[C@@H]2c2ccc(C(C)C)cc2)cc1F. The maximum atomic E-state index is 14.5. The number of fused-ring (bicyclic) bond motifs is 1. The zero-order valence-corrected chi connectivity index (χ0v) is 25.4. The number of halogens is 1. The molecule has 6 nitrogen and oxygen atoms in total. The van der Waals surface area contributed by atoms with Crippen LogP contribution in [-0.4, -0.2) is 27.0 Å². The second kappa shape index (κ2) is 11.7. The summed E-state index contributed by atoms with van der Waals surface area (Å²) in [5, 5.41) is 22.5. The Morgan fingerprint density at radius 1 is 1.00 bits per heavy atom. The van der Waals surface area contributed by atoms with Gasteiger partial charge in [-0.1, -0.05) is 116 Å². The van der Waals surface area contributed by atoms with Gasteiger partial charge in [-0.2, -0.15) is 0 Å². The number of carbonyl (C=O) groups excluding carboxylic acids is 2. The Labute approximate surface area is 256 Å². The number of nitrogens with zero attached hydrogens (tertiary/aromatic N) is 3. The molecule has 0 aliphatic carbocycles. The van der Waals surface area contributed by atoms with Crippen LogP contribution in [0.3, 0.4) is 0 Å². The van der Waals surface area contributed by atoms with Crippen LogP contribution in [0.15, 0.2) is 94.8 Å². The van der Waals surface area contributed by atoms with Crippen molar-refractivity contribution >= 4 is 56.5 Å². The molecule has 2 heterocycles. The third kappa shape index (κ3) is 5.46. The zero-order chi connectivity index (χ0) is 30.2. The maximum absolute atomic E-state index is 14.5. The fraction of sp³-hybridized carbons (Fsp3) is 0.176. The summed E-state index contributed by atoms with van der Waals surface area (Å²) in [6.45, 7) is 5.76. The molecular formula is C34H28FN3O3S2. The smallest absolute Gasteiger partial charge is 0.301 e. The standard InChI is InChI=1S/C34H28FN3O3S2/c1-19(2)21-13-15-23(16-14-21)29-28(30(39)24-12-11-20(3)27(35)17-24)31(40)32(41)38(29)33-36-37-34(43-33)42-18-25-9-6-8-22-7-4-5-10-26(22)25/h4-17,19,29,39H,18H2,1-3H3/t29-/m1/s1. The van der Waals surface area contributed by atoms with E-state index in [1.54, 1.807) is 6.92 Å². The van der Waals surface area contributed by atoms with Gasteiger partial charge in [0.1, 0.15) is 11.6 Å². The highest BCUT2D eigenvalue weighted by molar-refractivity contribution is 8.00. The Bertz CT molecular complexity index is 1890. The molecule has 0 unspecified atom stereocenters. The molecule has 4 aromatic carbocycles. The van der Waals surface area contributed by atoms with Crippen molar-refractivity contribution < 1.29 is 19.1 Å². The van der Waals surface area contributed by atoms with Gasteiger partial charge in [-0.25, -0.2) is 4.39 Å². The molecule has 1 aliphatic heterocycles. The van der Waals surface area contributed by atoms with Gasteiger partial charge >= 0.3 is 5.91 Å². The topological polar surface area (TPSA) is 83.4 Å². The van der Waals surface area contributed by atoms with Crippen molar-refractivity contribution in [2.75, 3.05) is 4.90 Å². The molecule has 1 atom stereocenters. The van der Waals surface area contributed by atoms with Gasteiger partial charge in [0.05, 0.1) is 11.6 Å². The highest BCUT2D eigenvalue weighted by Crippen LogP contribution is 2.44. The number of Topliss-reactive ketones (excluding diaryl/α,β-unsaturated/α-hetero) is 1. The summed E-state index contributed by atoms with van der Waals surface area (Å²) in [6, 6.07) is 25.2. The Morgan fingerprint density at radius 3 is 2.49 bits per heavy atom. The van der Waals surface area contributed by atoms with E-state index in [9.17, 15) is 19.1 Å². The molecule has 5 aromatic rings. The van der Waals surface area contributed by atoms with Crippen LogP contribution < -0.4 is 4.90 Å². The number of anilines is 1. The lowest BCUT2D eigenvalue weighted by Crippen LogP contribution is -2.29. The molecule has 1 fully saturated rings. The van der Waals surface area contributed by atoms with Crippen LogP contribution in [0.2, 0.25) is 0 Å². The minimum Gasteiger partial charge on any atom is -0.507 e. The van der Waals surface area contributed by atoms with E-state index in [1.165, 1.54) is 46.2 Å². The third-order valence-corrected chi connectivity index (χ3v) is 9.75. The number of aliphatic hydroxyl groups is 1. The van der Waals surface area contributed by atoms with Gasteiger partial charge in [-0.05, 0) is 51.9 Å². The monoisotopic (exact) mass is 609 g/mol. The number of amides is 1. The summed E-state index contributed by atoms with van der Waals surface area (Å²) >= 11 is 2.71. The number of hydrogen-bond acceptors (Lipinski definition) is 7. The molecule has 43 heavy (non-hydrogen) atoms. The zero-order valence-electron chi connectivity index (χ0n) is 23.7. The quantitative estimate of drug-likeness (QED) is 0.0659. The molecule has 1 saturated heterocycles. The van der Waals surface area contributed by atoms with E-state index in [0.29, 0.717) is 21.2 Å². The first kappa shape index (κ1) is 28.8. The van der Waals surface area contributed by atoms with Crippen LogP contribution in [-0.2, 0) is 15.3 Å². The molecule has 0 spiro atoms. The number of rotatable bonds is 7. The average molecular weight is 610 g/mol. The average Bonchev–Trinajstić information content (AvgIpc) is 3.58. The normalized spacial score (nSPS) is 16.5. The van der Waals surface area contributed by atoms with Crippen molar-refractivity contribution in [2.24, 2.45) is 0 Å². The van der Waals surface area contributed by atoms with Gasteiger partial charge in [-0.3, -0.25) is 14.5 Å². The summed E-state index contributed by atoms with van der Waals surface area (Å²) < 4.78 is 15.1. The van der Waals surface area contributed by atoms with Crippen molar-refractivity contribution in [3.63, 3.8) is 0 Å². The van der Waals surface area contributed by atoms with Crippen LogP contribution in [0.4, 0.5) is 9.52 Å². The van der Waals surface area contributed by atoms with Gasteiger partial charge in [0.25, 0.3) is 5.78 Å². The summed E-state index contributed by atoms with van der Waals surface area (Å²) in [4.78, 5) is 28.4. The first-order valence-corrected chi connectivity index (χ1v) is 15.6. The Kier molecular flexibility index (Phi) is 7.85. The molecule has 6 rings (SSSR count). The molecule has 9 heteroatoms. The van der Waals surface area contributed by atoms with Crippen molar-refractivity contribution in [2.45, 2.75) is 42.8 Å². The number of hydrogen-bond donors (Lipinski definition) is 1. The first-order valence-electron chi connectivity index (χ1n) is 13.8. The maximum Gasteiger partial charge on any atom is 0.301 e. The highest BCUT2D eigenvalue weighted by atomic mass is 32.2. The third-order valence-electron chi connectivity index (χ3n) is 7.64. The van der Waals surface area contributed by atoms with Gasteiger partial charge in [-0.15, -0.1) is 10.2 Å². The van der Waals surface area contributed by atoms with E-state index in [1.807, 2.05) is 42.5 Å². The number of benzene rings is 4. The Balaban J connectivity index is 1.38. The molecule has 1 N–H and O–H groups in total. The van der Waals surface area contributed by atoms with Crippen LogP contribution in [0.1, 0.15) is 53.6 Å². The summed E-state index contributed by atoms with van der Waals surface area (Å²) in [7, 11) is 0. The van der Waals surface area contributed by atoms with Crippen molar-refractivity contribution in [1.82, 2.24) is 10.2 Å². The van der Waals surface area contributed by atoms with Crippen LogP contribution in [0.5, 0.6) is 0 Å². The number of carbonyl (C=O) groups is 2. The minimum atomic E-state index is -0.963. The van der Waals surface area contributed by atoms with Crippen molar-refractivity contribution in [3.8, 4) is 0 Å². The van der Waals surface area contributed by atoms with E-state index >= 15 is 0 Å². The van der Waals surface area contributed by atoms with Crippen LogP contribution in [0, 0.1) is 12.7 Å². The lowest BCUT2D eigenvalue weighted by molar-refractivity contribution is -0.132. The molecule has 1 amide bonds. The Morgan fingerprint density at radius 2 is 1.74 bits per heavy atom. The number of ketones is 1. The molecule has 0 radical (unpaired) electrons. The van der Waals surface area contributed by atoms with Crippen molar-refractivity contribution in [3.05, 3.63) is 124 Å². The van der Waals surface area contributed by atoms with Gasteiger partial charge in [0.15, 0.2) is 4.34 Å². The van der Waals surface area contributed by atoms with E-state index in [2.05, 4.69) is 48.3 Å². The van der Waals surface area contributed by atoms with Gasteiger partial charge in [0, 0.05) is 11.3 Å². The highest BCUT2D eigenvalue weighted by Gasteiger charge is 2.48. The largest absolute Gasteiger partial charge is 0.507 e. The van der Waals surface area contributed by atoms with Gasteiger partial charge < -0.3 is 5.11 Å². The van der Waals surface area contributed by atoms with E-state index < -0.39 is 29.3 Å². The second-order valence-electron chi connectivity index (χ2n) is 10.7. The molecule has 216 valence electrons. The van der Waals surface area contributed by atoms with Crippen LogP contribution in [0.25, 0.3) is 16.5 Å². The van der Waals surface area contributed by atoms with Crippen molar-refractivity contribution in [1.29, 1.82) is 0 Å². The lowest BCUT2D eigenvalue weighted by Gasteiger charge is -2.23. The minimum absolute atomic E-state index is 0.119. The number of aliphatic hydroxyl groups excluding tert-OH is 1. The molecule has 0 bridgehead atoms. The fourth-order valence-corrected chi connectivity index (χ4v) is 7.09.